The quantitative estimate of drug-likeness (QED) is 0.691. The molecule has 0 saturated carbocycles. The third kappa shape index (κ3) is 2.71. The van der Waals surface area contributed by atoms with E-state index in [-0.39, 0.29) is 5.38 Å². The highest BCUT2D eigenvalue weighted by molar-refractivity contribution is 7.20. The van der Waals surface area contributed by atoms with Crippen LogP contribution in [0.5, 0.6) is 5.75 Å². The van der Waals surface area contributed by atoms with Crippen LogP contribution in [0.4, 0.5) is 0 Å². The Bertz CT molecular complexity index is 524. The zero-order valence-corrected chi connectivity index (χ0v) is 12.0. The molecule has 0 saturated heterocycles. The number of hydrogen-bond acceptors (Lipinski definition) is 2. The predicted molar refractivity (Wildman–Crippen MR) is 75.0 cm³/mol. The zero-order chi connectivity index (χ0) is 12.4. The molecule has 2 rings (SSSR count). The van der Waals surface area contributed by atoms with E-state index in [1.165, 1.54) is 11.3 Å². The van der Waals surface area contributed by atoms with Crippen LogP contribution >= 0.6 is 46.1 Å². The van der Waals surface area contributed by atoms with Crippen molar-refractivity contribution in [2.75, 3.05) is 7.11 Å². The van der Waals surface area contributed by atoms with E-state index >= 15 is 0 Å². The SMILES string of the molecule is COc1ccccc1C(Cl)c1cc(Cl)sc1Cl. The lowest BCUT2D eigenvalue weighted by Gasteiger charge is -2.13. The first-order valence-electron chi connectivity index (χ1n) is 4.85. The number of alkyl halides is 1. The van der Waals surface area contributed by atoms with Gasteiger partial charge < -0.3 is 4.74 Å². The lowest BCUT2D eigenvalue weighted by atomic mass is 10.1. The highest BCUT2D eigenvalue weighted by Crippen LogP contribution is 2.42. The first kappa shape index (κ1) is 13.0. The molecule has 0 N–H and O–H groups in total. The zero-order valence-electron chi connectivity index (χ0n) is 8.91. The highest BCUT2D eigenvalue weighted by Gasteiger charge is 2.20. The molecule has 1 nitrogen and oxygen atoms in total. The van der Waals surface area contributed by atoms with E-state index in [1.54, 1.807) is 13.2 Å². The maximum absolute atomic E-state index is 6.42. The van der Waals surface area contributed by atoms with Crippen molar-refractivity contribution in [1.82, 2.24) is 0 Å². The standard InChI is InChI=1S/C12H9Cl3OS/c1-16-9-5-3-2-4-7(9)11(14)8-6-10(13)17-12(8)15/h2-6,11H,1H3. The van der Waals surface area contributed by atoms with Crippen LogP contribution in [-0.2, 0) is 0 Å². The molecule has 1 unspecified atom stereocenters. The average molecular weight is 308 g/mol. The Hall–Kier alpha value is -0.410. The van der Waals surface area contributed by atoms with E-state index in [4.69, 9.17) is 39.5 Å². The van der Waals surface area contributed by atoms with Crippen molar-refractivity contribution in [3.05, 3.63) is 50.1 Å². The topological polar surface area (TPSA) is 9.23 Å². The van der Waals surface area contributed by atoms with Gasteiger partial charge in [-0.05, 0) is 12.1 Å². The van der Waals surface area contributed by atoms with Crippen LogP contribution in [0.1, 0.15) is 16.5 Å². The predicted octanol–water partition coefficient (Wildman–Crippen LogP) is 5.39. The minimum Gasteiger partial charge on any atom is -0.496 e. The van der Waals surface area contributed by atoms with Gasteiger partial charge in [-0.2, -0.15) is 0 Å². The number of methoxy groups -OCH3 is 1. The van der Waals surface area contributed by atoms with Crippen molar-refractivity contribution in [2.24, 2.45) is 0 Å². The van der Waals surface area contributed by atoms with Gasteiger partial charge in [0.15, 0.2) is 0 Å². The van der Waals surface area contributed by atoms with Gasteiger partial charge in [0.25, 0.3) is 0 Å². The molecule has 17 heavy (non-hydrogen) atoms. The Morgan fingerprint density at radius 2 is 1.88 bits per heavy atom. The number of benzene rings is 1. The molecule has 0 radical (unpaired) electrons. The van der Waals surface area contributed by atoms with Crippen LogP contribution in [-0.4, -0.2) is 7.11 Å². The molecule has 0 aliphatic carbocycles. The van der Waals surface area contributed by atoms with Gasteiger partial charge in [0.2, 0.25) is 0 Å². The van der Waals surface area contributed by atoms with Gasteiger partial charge in [-0.1, -0.05) is 41.4 Å². The molecular formula is C12H9Cl3OS. The first-order valence-corrected chi connectivity index (χ1v) is 6.86. The number of thiophene rings is 1. The summed E-state index contributed by atoms with van der Waals surface area (Å²) in [5, 5.41) is -0.359. The Kier molecular flexibility index (Phi) is 4.21. The average Bonchev–Trinajstić information content (AvgIpc) is 2.67. The van der Waals surface area contributed by atoms with Crippen molar-refractivity contribution in [3.63, 3.8) is 0 Å². The van der Waals surface area contributed by atoms with Crippen molar-refractivity contribution in [2.45, 2.75) is 5.38 Å². The Morgan fingerprint density at radius 1 is 1.18 bits per heavy atom. The normalized spacial score (nSPS) is 12.5. The van der Waals surface area contributed by atoms with Gasteiger partial charge in [0.1, 0.15) is 5.75 Å². The van der Waals surface area contributed by atoms with Crippen LogP contribution in [0.3, 0.4) is 0 Å². The van der Waals surface area contributed by atoms with E-state index in [2.05, 4.69) is 0 Å². The monoisotopic (exact) mass is 306 g/mol. The summed E-state index contributed by atoms with van der Waals surface area (Å²) in [6, 6.07) is 9.38. The molecule has 2 aromatic rings. The second kappa shape index (κ2) is 5.49. The fourth-order valence-electron chi connectivity index (χ4n) is 1.57. The molecule has 1 aromatic heterocycles. The third-order valence-corrected chi connectivity index (χ3v) is 4.36. The maximum Gasteiger partial charge on any atom is 0.123 e. The maximum atomic E-state index is 6.42. The van der Waals surface area contributed by atoms with Crippen LogP contribution in [0, 0.1) is 0 Å². The molecule has 0 aliphatic heterocycles. The summed E-state index contributed by atoms with van der Waals surface area (Å²) < 4.78 is 6.52. The van der Waals surface area contributed by atoms with E-state index in [1.807, 2.05) is 24.3 Å². The van der Waals surface area contributed by atoms with Gasteiger partial charge in [-0.15, -0.1) is 22.9 Å². The molecule has 0 aliphatic rings. The third-order valence-electron chi connectivity index (χ3n) is 2.37. The number of para-hydroxylation sites is 1. The molecule has 0 bridgehead atoms. The van der Waals surface area contributed by atoms with E-state index in [0.717, 1.165) is 16.9 Å². The Labute approximate surface area is 119 Å². The lowest BCUT2D eigenvalue weighted by molar-refractivity contribution is 0.410. The summed E-state index contributed by atoms with van der Waals surface area (Å²) in [5.74, 6) is 0.742. The van der Waals surface area contributed by atoms with Crippen LogP contribution in [0.2, 0.25) is 8.67 Å². The van der Waals surface area contributed by atoms with Crippen molar-refractivity contribution >= 4 is 46.1 Å². The minimum atomic E-state index is -0.359. The summed E-state index contributed by atoms with van der Waals surface area (Å²) in [7, 11) is 1.62. The molecule has 90 valence electrons. The Morgan fingerprint density at radius 3 is 2.47 bits per heavy atom. The first-order chi connectivity index (χ1) is 8.13. The summed E-state index contributed by atoms with van der Waals surface area (Å²) in [6.45, 7) is 0. The fraction of sp³-hybridized carbons (Fsp3) is 0.167. The lowest BCUT2D eigenvalue weighted by Crippen LogP contribution is -1.96. The number of hydrogen-bond donors (Lipinski definition) is 0. The highest BCUT2D eigenvalue weighted by atomic mass is 35.5. The Balaban J connectivity index is 2.43. The number of rotatable bonds is 3. The summed E-state index contributed by atoms with van der Waals surface area (Å²) >= 11 is 19.7. The van der Waals surface area contributed by atoms with E-state index < -0.39 is 0 Å². The minimum absolute atomic E-state index is 0.359. The van der Waals surface area contributed by atoms with Crippen LogP contribution < -0.4 is 4.74 Å². The van der Waals surface area contributed by atoms with Crippen molar-refractivity contribution < 1.29 is 4.74 Å². The molecule has 0 amide bonds. The fourth-order valence-corrected chi connectivity index (χ4v) is 3.57. The van der Waals surface area contributed by atoms with Crippen molar-refractivity contribution in [1.29, 1.82) is 0 Å². The van der Waals surface area contributed by atoms with Crippen molar-refractivity contribution in [3.8, 4) is 5.75 Å². The van der Waals surface area contributed by atoms with Gasteiger partial charge in [0, 0.05) is 11.1 Å². The second-order valence-corrected chi connectivity index (χ2v) is 6.11. The van der Waals surface area contributed by atoms with E-state index in [9.17, 15) is 0 Å². The molecule has 0 spiro atoms. The summed E-state index contributed by atoms with van der Waals surface area (Å²) in [6.07, 6.45) is 0. The van der Waals surface area contributed by atoms with Gasteiger partial charge >= 0.3 is 0 Å². The van der Waals surface area contributed by atoms with Gasteiger partial charge in [0.05, 0.1) is 21.2 Å². The molecule has 1 aromatic carbocycles. The number of halogens is 3. The molecule has 1 atom stereocenters. The van der Waals surface area contributed by atoms with E-state index in [0.29, 0.717) is 8.67 Å². The summed E-state index contributed by atoms with van der Waals surface area (Å²) in [4.78, 5) is 0. The summed E-state index contributed by atoms with van der Waals surface area (Å²) in [5.41, 5.74) is 1.70. The number of ether oxygens (including phenoxy) is 1. The van der Waals surface area contributed by atoms with Crippen LogP contribution in [0.15, 0.2) is 30.3 Å². The second-order valence-electron chi connectivity index (χ2n) is 3.38. The van der Waals surface area contributed by atoms with Gasteiger partial charge in [-0.3, -0.25) is 0 Å². The largest absolute Gasteiger partial charge is 0.496 e. The molecule has 0 fully saturated rings. The van der Waals surface area contributed by atoms with Crippen LogP contribution in [0.25, 0.3) is 0 Å². The molecular weight excluding hydrogens is 299 g/mol. The van der Waals surface area contributed by atoms with Gasteiger partial charge in [-0.25, -0.2) is 0 Å². The smallest absolute Gasteiger partial charge is 0.123 e. The molecule has 5 heteroatoms. The molecule has 1 heterocycles.